The Morgan fingerprint density at radius 1 is 1.40 bits per heavy atom. The van der Waals surface area contributed by atoms with Crippen LogP contribution >= 0.6 is 0 Å². The van der Waals surface area contributed by atoms with Crippen LogP contribution < -0.4 is 5.73 Å². The van der Waals surface area contributed by atoms with E-state index in [0.29, 0.717) is 0 Å². The second kappa shape index (κ2) is 4.91. The molecule has 2 unspecified atom stereocenters. The molecule has 0 spiro atoms. The van der Waals surface area contributed by atoms with E-state index in [1.807, 2.05) is 0 Å². The Morgan fingerprint density at radius 2 is 2.00 bits per heavy atom. The predicted molar refractivity (Wildman–Crippen MR) is 62.6 cm³/mol. The average Bonchev–Trinajstić information content (AvgIpc) is 3.05. The summed E-state index contributed by atoms with van der Waals surface area (Å²) in [5.74, 6) is -2.14. The third-order valence-corrected chi connectivity index (χ3v) is 4.21. The van der Waals surface area contributed by atoms with Crippen LogP contribution in [0.15, 0.2) is 0 Å². The maximum absolute atomic E-state index is 13.0. The average molecular weight is 294 g/mol. The third kappa shape index (κ3) is 2.61. The first kappa shape index (κ1) is 15.1. The number of alkyl halides is 3. The van der Waals surface area contributed by atoms with Crippen LogP contribution in [0.2, 0.25) is 0 Å². The summed E-state index contributed by atoms with van der Waals surface area (Å²) in [7, 11) is 0. The van der Waals surface area contributed by atoms with Gasteiger partial charge in [0.1, 0.15) is 0 Å². The zero-order valence-electron chi connectivity index (χ0n) is 10.8. The number of carbonyl (C=O) groups is 2. The molecule has 8 heteroatoms. The van der Waals surface area contributed by atoms with Gasteiger partial charge in [-0.1, -0.05) is 0 Å². The molecule has 0 radical (unpaired) electrons. The van der Waals surface area contributed by atoms with Gasteiger partial charge in [-0.25, -0.2) is 0 Å². The minimum atomic E-state index is -4.87. The number of carboxylic acids is 1. The van der Waals surface area contributed by atoms with E-state index in [1.165, 1.54) is 0 Å². The van der Waals surface area contributed by atoms with E-state index in [9.17, 15) is 22.8 Å². The summed E-state index contributed by atoms with van der Waals surface area (Å²) in [6.45, 7) is -1.01. The fourth-order valence-corrected chi connectivity index (χ4v) is 2.57. The fourth-order valence-electron chi connectivity index (χ4n) is 2.57. The second-order valence-corrected chi connectivity index (χ2v) is 5.66. The van der Waals surface area contributed by atoms with Crippen LogP contribution in [-0.2, 0) is 9.59 Å². The summed E-state index contributed by atoms with van der Waals surface area (Å²) < 4.78 is 38.9. The molecule has 1 saturated carbocycles. The van der Waals surface area contributed by atoms with Crippen molar-refractivity contribution in [2.45, 2.75) is 37.9 Å². The predicted octanol–water partition coefficient (Wildman–Crippen LogP) is 0.979. The number of nitrogens with two attached hydrogens (primary N) is 1. The molecule has 2 fully saturated rings. The first-order valence-electron chi connectivity index (χ1n) is 6.51. The Bertz CT molecular complexity index is 423. The molecule has 5 nitrogen and oxygen atoms in total. The molecule has 2 atom stereocenters. The largest absolute Gasteiger partial charge is 0.481 e. The van der Waals surface area contributed by atoms with Gasteiger partial charge < -0.3 is 15.7 Å². The van der Waals surface area contributed by atoms with Gasteiger partial charge in [0, 0.05) is 25.6 Å². The van der Waals surface area contributed by atoms with Gasteiger partial charge in [0.2, 0.25) is 5.91 Å². The highest BCUT2D eigenvalue weighted by Gasteiger charge is 2.64. The van der Waals surface area contributed by atoms with Gasteiger partial charge in [-0.15, -0.1) is 0 Å². The zero-order valence-corrected chi connectivity index (χ0v) is 10.8. The fraction of sp³-hybridized carbons (Fsp3) is 0.833. The number of rotatable bonds is 4. The Morgan fingerprint density at radius 3 is 2.40 bits per heavy atom. The normalized spacial score (nSPS) is 28.5. The summed E-state index contributed by atoms with van der Waals surface area (Å²) in [4.78, 5) is 23.9. The standard InChI is InChI=1S/C12H17F3N2O3/c13-12(14,15)11(10(19)20)3-4-17(6-11)9(18)5-8(16)7-1-2-7/h7-8H,1-6,16H2,(H,19,20). The van der Waals surface area contributed by atoms with Crippen LogP contribution in [-0.4, -0.2) is 47.2 Å². The molecule has 2 rings (SSSR count). The zero-order chi connectivity index (χ0) is 15.1. The molecule has 0 aromatic carbocycles. The highest BCUT2D eigenvalue weighted by molar-refractivity contribution is 5.81. The summed E-state index contributed by atoms with van der Waals surface area (Å²) >= 11 is 0. The van der Waals surface area contributed by atoms with Crippen molar-refractivity contribution in [1.29, 1.82) is 0 Å². The molecule has 114 valence electrons. The lowest BCUT2D eigenvalue weighted by molar-refractivity contribution is -0.227. The third-order valence-electron chi connectivity index (χ3n) is 4.21. The minimum Gasteiger partial charge on any atom is -0.481 e. The van der Waals surface area contributed by atoms with Crippen molar-refractivity contribution < 1.29 is 27.9 Å². The van der Waals surface area contributed by atoms with Crippen molar-refractivity contribution >= 4 is 11.9 Å². The van der Waals surface area contributed by atoms with E-state index < -0.39 is 36.4 Å². The first-order valence-corrected chi connectivity index (χ1v) is 6.51. The maximum Gasteiger partial charge on any atom is 0.406 e. The van der Waals surface area contributed by atoms with Crippen molar-refractivity contribution in [2.24, 2.45) is 17.1 Å². The molecule has 1 amide bonds. The number of halogens is 3. The van der Waals surface area contributed by atoms with Gasteiger partial charge in [-0.3, -0.25) is 9.59 Å². The van der Waals surface area contributed by atoms with E-state index in [-0.39, 0.29) is 24.9 Å². The van der Waals surface area contributed by atoms with Gasteiger partial charge in [-0.05, 0) is 25.2 Å². The van der Waals surface area contributed by atoms with Crippen LogP contribution in [0.5, 0.6) is 0 Å². The molecular formula is C12H17F3N2O3. The van der Waals surface area contributed by atoms with Crippen LogP contribution in [0, 0.1) is 11.3 Å². The van der Waals surface area contributed by atoms with Gasteiger partial charge in [0.05, 0.1) is 0 Å². The summed E-state index contributed by atoms with van der Waals surface area (Å²) in [6.07, 6.45) is -3.60. The Kier molecular flexibility index (Phi) is 3.70. The molecule has 1 aliphatic carbocycles. The van der Waals surface area contributed by atoms with Crippen molar-refractivity contribution in [2.75, 3.05) is 13.1 Å². The van der Waals surface area contributed by atoms with Crippen LogP contribution in [0.3, 0.4) is 0 Å². The first-order chi connectivity index (χ1) is 9.17. The molecule has 2 aliphatic rings. The van der Waals surface area contributed by atoms with Crippen LogP contribution in [0.4, 0.5) is 13.2 Å². The number of hydrogen-bond acceptors (Lipinski definition) is 3. The molecule has 0 aromatic rings. The molecule has 0 bridgehead atoms. The molecule has 1 aliphatic heterocycles. The Labute approximate surface area is 113 Å². The van der Waals surface area contributed by atoms with Gasteiger partial charge in [-0.2, -0.15) is 13.2 Å². The highest BCUT2D eigenvalue weighted by atomic mass is 19.4. The number of hydrogen-bond donors (Lipinski definition) is 2. The minimum absolute atomic E-state index is 0.0157. The number of nitrogens with zero attached hydrogens (tertiary/aromatic N) is 1. The van der Waals surface area contributed by atoms with Crippen LogP contribution in [0.25, 0.3) is 0 Å². The van der Waals surface area contributed by atoms with E-state index in [4.69, 9.17) is 10.8 Å². The van der Waals surface area contributed by atoms with Gasteiger partial charge in [0.25, 0.3) is 0 Å². The van der Waals surface area contributed by atoms with Gasteiger partial charge >= 0.3 is 12.1 Å². The SMILES string of the molecule is NC(CC(=O)N1CCC(C(=O)O)(C(F)(F)F)C1)C1CC1. The quantitative estimate of drug-likeness (QED) is 0.809. The number of likely N-dealkylation sites (tertiary alicyclic amines) is 1. The lowest BCUT2D eigenvalue weighted by Crippen LogP contribution is -2.48. The molecule has 0 aromatic heterocycles. The monoisotopic (exact) mass is 294 g/mol. The molecule has 1 saturated heterocycles. The van der Waals surface area contributed by atoms with Crippen LogP contribution in [0.1, 0.15) is 25.7 Å². The van der Waals surface area contributed by atoms with Crippen molar-refractivity contribution in [3.63, 3.8) is 0 Å². The number of carboxylic acid groups (broad SMARTS) is 1. The number of amides is 1. The molecule has 1 heterocycles. The smallest absolute Gasteiger partial charge is 0.406 e. The summed E-state index contributed by atoms with van der Waals surface area (Å²) in [6, 6.07) is -0.340. The lowest BCUT2D eigenvalue weighted by Gasteiger charge is -2.27. The second-order valence-electron chi connectivity index (χ2n) is 5.66. The number of carbonyl (C=O) groups excluding carboxylic acids is 1. The van der Waals surface area contributed by atoms with E-state index >= 15 is 0 Å². The van der Waals surface area contributed by atoms with E-state index in [1.54, 1.807) is 0 Å². The van der Waals surface area contributed by atoms with Crippen molar-refractivity contribution in [3.05, 3.63) is 0 Å². The van der Waals surface area contributed by atoms with E-state index in [2.05, 4.69) is 0 Å². The topological polar surface area (TPSA) is 83.6 Å². The Balaban J connectivity index is 2.02. The van der Waals surface area contributed by atoms with Crippen molar-refractivity contribution in [3.8, 4) is 0 Å². The molecule has 20 heavy (non-hydrogen) atoms. The summed E-state index contributed by atoms with van der Waals surface area (Å²) in [5.41, 5.74) is 2.93. The number of aliphatic carboxylic acids is 1. The highest BCUT2D eigenvalue weighted by Crippen LogP contribution is 2.46. The van der Waals surface area contributed by atoms with Crippen molar-refractivity contribution in [1.82, 2.24) is 4.90 Å². The van der Waals surface area contributed by atoms with E-state index in [0.717, 1.165) is 17.7 Å². The Hall–Kier alpha value is -1.31. The summed E-state index contributed by atoms with van der Waals surface area (Å²) in [5, 5.41) is 8.90. The lowest BCUT2D eigenvalue weighted by atomic mass is 9.86. The molecule has 3 N–H and O–H groups in total. The molecular weight excluding hydrogens is 277 g/mol. The maximum atomic E-state index is 13.0. The van der Waals surface area contributed by atoms with Gasteiger partial charge in [0.15, 0.2) is 5.41 Å².